The van der Waals surface area contributed by atoms with Gasteiger partial charge in [0, 0.05) is 6.54 Å². The number of nitrogens with zero attached hydrogens (tertiary/aromatic N) is 1. The molecule has 108 valence electrons. The van der Waals surface area contributed by atoms with Crippen LogP contribution in [0, 0.1) is 11.3 Å². The molecule has 1 aromatic carbocycles. The molecule has 1 aromatic heterocycles. The molecule has 6 nitrogen and oxygen atoms in total. The van der Waals surface area contributed by atoms with E-state index in [1.54, 1.807) is 24.3 Å². The second-order valence-corrected chi connectivity index (χ2v) is 6.70. The Bertz CT molecular complexity index is 801. The Kier molecular flexibility index (Phi) is 4.37. The van der Waals surface area contributed by atoms with E-state index in [1.165, 1.54) is 11.4 Å². The fraction of sp³-hybridized carbons (Fsp3) is 0.0769. The molecule has 0 spiro atoms. The molecule has 0 saturated heterocycles. The van der Waals surface area contributed by atoms with Crippen LogP contribution in [0.3, 0.4) is 0 Å². The summed E-state index contributed by atoms with van der Waals surface area (Å²) in [5.41, 5.74) is 1.15. The van der Waals surface area contributed by atoms with E-state index in [4.69, 9.17) is 10.4 Å². The first-order chi connectivity index (χ1) is 9.94. The summed E-state index contributed by atoms with van der Waals surface area (Å²) in [6, 6.07) is 9.65. The highest BCUT2D eigenvalue weighted by atomic mass is 32.2. The van der Waals surface area contributed by atoms with Crippen molar-refractivity contribution in [2.45, 2.75) is 11.4 Å². The van der Waals surface area contributed by atoms with Crippen LogP contribution in [0.1, 0.15) is 20.8 Å². The fourth-order valence-electron chi connectivity index (χ4n) is 1.62. The predicted molar refractivity (Wildman–Crippen MR) is 76.5 cm³/mol. The quantitative estimate of drug-likeness (QED) is 0.872. The van der Waals surface area contributed by atoms with Gasteiger partial charge in [-0.15, -0.1) is 11.3 Å². The van der Waals surface area contributed by atoms with Gasteiger partial charge in [-0.3, -0.25) is 0 Å². The molecule has 0 amide bonds. The molecule has 0 atom stereocenters. The molecule has 0 fully saturated rings. The first-order valence-corrected chi connectivity index (χ1v) is 8.10. The molecule has 0 unspecified atom stereocenters. The van der Waals surface area contributed by atoms with Crippen molar-refractivity contribution in [3.63, 3.8) is 0 Å². The molecule has 0 aliphatic carbocycles. The summed E-state index contributed by atoms with van der Waals surface area (Å²) >= 11 is 0.856. The van der Waals surface area contributed by atoms with Crippen molar-refractivity contribution in [1.82, 2.24) is 4.72 Å². The molecule has 0 radical (unpaired) electrons. The van der Waals surface area contributed by atoms with Crippen molar-refractivity contribution >= 4 is 27.3 Å². The molecule has 0 aliphatic heterocycles. The van der Waals surface area contributed by atoms with E-state index in [0.717, 1.165) is 11.3 Å². The van der Waals surface area contributed by atoms with Crippen LogP contribution in [0.15, 0.2) is 40.6 Å². The van der Waals surface area contributed by atoms with Crippen LogP contribution in [0.2, 0.25) is 0 Å². The van der Waals surface area contributed by atoms with Crippen LogP contribution in [0.25, 0.3) is 0 Å². The molecule has 0 saturated carbocycles. The number of rotatable bonds is 5. The normalized spacial score (nSPS) is 11.0. The van der Waals surface area contributed by atoms with Crippen LogP contribution < -0.4 is 4.72 Å². The number of carboxylic acids is 1. The molecule has 21 heavy (non-hydrogen) atoms. The second-order valence-electron chi connectivity index (χ2n) is 4.05. The lowest BCUT2D eigenvalue weighted by atomic mass is 10.1. The summed E-state index contributed by atoms with van der Waals surface area (Å²) in [5, 5.41) is 19.0. The SMILES string of the molecule is N#Cc1ccc(CNS(=O)(=O)c2ccsc2C(=O)O)cc1. The first-order valence-electron chi connectivity index (χ1n) is 5.73. The molecular formula is C13H10N2O4S2. The minimum absolute atomic E-state index is 0.0168. The van der Waals surface area contributed by atoms with E-state index >= 15 is 0 Å². The highest BCUT2D eigenvalue weighted by Crippen LogP contribution is 2.21. The number of hydrogen-bond donors (Lipinski definition) is 2. The number of benzene rings is 1. The smallest absolute Gasteiger partial charge is 0.347 e. The zero-order chi connectivity index (χ0) is 15.5. The van der Waals surface area contributed by atoms with Gasteiger partial charge in [-0.2, -0.15) is 5.26 Å². The summed E-state index contributed by atoms with van der Waals surface area (Å²) < 4.78 is 26.5. The van der Waals surface area contributed by atoms with Crippen molar-refractivity contribution in [2.75, 3.05) is 0 Å². The Morgan fingerprint density at radius 1 is 1.29 bits per heavy atom. The lowest BCUT2D eigenvalue weighted by molar-refractivity contribution is 0.0698. The lowest BCUT2D eigenvalue weighted by Crippen LogP contribution is -2.24. The molecule has 0 bridgehead atoms. The Labute approximate surface area is 125 Å². The van der Waals surface area contributed by atoms with Crippen LogP contribution in [0.4, 0.5) is 0 Å². The summed E-state index contributed by atoms with van der Waals surface area (Å²) in [6.45, 7) is 0.0168. The number of nitrogens with one attached hydrogen (secondary N) is 1. The molecule has 8 heteroatoms. The highest BCUT2D eigenvalue weighted by Gasteiger charge is 2.23. The van der Waals surface area contributed by atoms with Crippen molar-refractivity contribution in [3.8, 4) is 6.07 Å². The van der Waals surface area contributed by atoms with Gasteiger partial charge in [0.15, 0.2) is 0 Å². The summed E-state index contributed by atoms with van der Waals surface area (Å²) in [4.78, 5) is 10.5. The van der Waals surface area contributed by atoms with Crippen LogP contribution >= 0.6 is 11.3 Å². The van der Waals surface area contributed by atoms with Gasteiger partial charge in [0.05, 0.1) is 11.6 Å². The summed E-state index contributed by atoms with van der Waals surface area (Å²) in [5.74, 6) is -1.27. The number of carbonyl (C=O) groups is 1. The first kappa shape index (κ1) is 15.2. The number of nitriles is 1. The Morgan fingerprint density at radius 3 is 2.52 bits per heavy atom. The Hall–Kier alpha value is -2.21. The van der Waals surface area contributed by atoms with Crippen molar-refractivity contribution in [1.29, 1.82) is 5.26 Å². The fourth-order valence-corrected chi connectivity index (χ4v) is 3.89. The molecule has 2 aromatic rings. The van der Waals surface area contributed by atoms with Gasteiger partial charge >= 0.3 is 5.97 Å². The molecule has 1 heterocycles. The highest BCUT2D eigenvalue weighted by molar-refractivity contribution is 7.89. The van der Waals surface area contributed by atoms with Crippen LogP contribution in [-0.2, 0) is 16.6 Å². The van der Waals surface area contributed by atoms with Gasteiger partial charge in [-0.1, -0.05) is 12.1 Å². The van der Waals surface area contributed by atoms with Gasteiger partial charge < -0.3 is 5.11 Å². The Balaban J connectivity index is 2.16. The number of thiophene rings is 1. The maximum absolute atomic E-state index is 12.1. The third-order valence-corrected chi connectivity index (χ3v) is 5.14. The third kappa shape index (κ3) is 3.46. The standard InChI is InChI=1S/C13H10N2O4S2/c14-7-9-1-3-10(4-2-9)8-15-21(18,19)11-5-6-20-12(11)13(16)17/h1-6,15H,8H2,(H,16,17). The number of carboxylic acid groups (broad SMARTS) is 1. The average molecular weight is 322 g/mol. The van der Waals surface area contributed by atoms with E-state index in [0.29, 0.717) is 11.1 Å². The minimum Gasteiger partial charge on any atom is -0.477 e. The van der Waals surface area contributed by atoms with Crippen LogP contribution in [-0.4, -0.2) is 19.5 Å². The van der Waals surface area contributed by atoms with E-state index in [-0.39, 0.29) is 16.3 Å². The summed E-state index contributed by atoms with van der Waals surface area (Å²) in [6.07, 6.45) is 0. The van der Waals surface area contributed by atoms with Gasteiger partial charge in [0.25, 0.3) is 0 Å². The number of aromatic carboxylic acids is 1. The van der Waals surface area contributed by atoms with Gasteiger partial charge in [0.2, 0.25) is 10.0 Å². The second kappa shape index (κ2) is 6.05. The summed E-state index contributed by atoms with van der Waals surface area (Å²) in [7, 11) is -3.89. The molecule has 2 rings (SSSR count). The van der Waals surface area contributed by atoms with Crippen molar-refractivity contribution in [2.24, 2.45) is 0 Å². The number of hydrogen-bond acceptors (Lipinski definition) is 5. The van der Waals surface area contributed by atoms with Gasteiger partial charge in [-0.05, 0) is 29.1 Å². The average Bonchev–Trinajstić information content (AvgIpc) is 2.96. The largest absolute Gasteiger partial charge is 0.477 e. The van der Waals surface area contributed by atoms with E-state index < -0.39 is 16.0 Å². The minimum atomic E-state index is -3.89. The van der Waals surface area contributed by atoms with Crippen LogP contribution in [0.5, 0.6) is 0 Å². The maximum atomic E-state index is 12.1. The maximum Gasteiger partial charge on any atom is 0.347 e. The molecular weight excluding hydrogens is 312 g/mol. The zero-order valence-corrected chi connectivity index (χ0v) is 12.2. The predicted octanol–water partition coefficient (Wildman–Crippen LogP) is 1.80. The zero-order valence-electron chi connectivity index (χ0n) is 10.6. The van der Waals surface area contributed by atoms with Crippen molar-refractivity contribution in [3.05, 3.63) is 51.7 Å². The van der Waals surface area contributed by atoms with Gasteiger partial charge in [-0.25, -0.2) is 17.9 Å². The lowest BCUT2D eigenvalue weighted by Gasteiger charge is -2.06. The number of sulfonamides is 1. The molecule has 0 aliphatic rings. The topological polar surface area (TPSA) is 107 Å². The molecule has 2 N–H and O–H groups in total. The van der Waals surface area contributed by atoms with E-state index in [2.05, 4.69) is 4.72 Å². The Morgan fingerprint density at radius 2 is 1.95 bits per heavy atom. The third-order valence-electron chi connectivity index (χ3n) is 2.66. The monoisotopic (exact) mass is 322 g/mol. The van der Waals surface area contributed by atoms with Gasteiger partial charge in [0.1, 0.15) is 9.77 Å². The van der Waals surface area contributed by atoms with E-state index in [9.17, 15) is 13.2 Å². The van der Waals surface area contributed by atoms with Crippen molar-refractivity contribution < 1.29 is 18.3 Å². The van der Waals surface area contributed by atoms with E-state index in [1.807, 2.05) is 6.07 Å².